The lowest BCUT2D eigenvalue weighted by Gasteiger charge is -2.36. The predicted molar refractivity (Wildman–Crippen MR) is 215 cm³/mol. The van der Waals surface area contributed by atoms with Crippen molar-refractivity contribution in [3.63, 3.8) is 0 Å². The number of thioether (sulfide) groups is 1. The van der Waals surface area contributed by atoms with Crippen molar-refractivity contribution in [2.75, 3.05) is 11.1 Å². The summed E-state index contributed by atoms with van der Waals surface area (Å²) in [6.07, 6.45) is -1.31. The van der Waals surface area contributed by atoms with Crippen LogP contribution in [0.5, 0.6) is 0 Å². The van der Waals surface area contributed by atoms with Crippen LogP contribution in [0.4, 0.5) is 10.5 Å². The molecule has 11 nitrogen and oxygen atoms in total. The van der Waals surface area contributed by atoms with Crippen LogP contribution in [0.3, 0.4) is 0 Å². The Hall–Kier alpha value is -5.79. The van der Waals surface area contributed by atoms with E-state index in [2.05, 4.69) is 10.6 Å². The van der Waals surface area contributed by atoms with Crippen molar-refractivity contribution in [3.8, 4) is 11.1 Å². The summed E-state index contributed by atoms with van der Waals surface area (Å²) in [6, 6.07) is 39.1. The molecule has 1 unspecified atom stereocenters. The Morgan fingerprint density at radius 1 is 0.825 bits per heavy atom. The Balaban J connectivity index is 1.02. The molecule has 2 heterocycles. The second-order valence-electron chi connectivity index (χ2n) is 13.9. The molecule has 2 saturated heterocycles. The number of amides is 4. The molecule has 0 saturated carbocycles. The summed E-state index contributed by atoms with van der Waals surface area (Å²) in [4.78, 5) is 52.5. The number of carbonyl (C=O) groups excluding carboxylic acids is 4. The maximum atomic E-state index is 13.3. The van der Waals surface area contributed by atoms with Gasteiger partial charge in [0.15, 0.2) is 6.29 Å². The molecule has 4 atom stereocenters. The van der Waals surface area contributed by atoms with Crippen LogP contribution in [-0.4, -0.2) is 51.7 Å². The van der Waals surface area contributed by atoms with E-state index >= 15 is 0 Å². The fraction of sp³-hybridized carbons (Fsp3) is 0.244. The molecule has 2 aliphatic heterocycles. The van der Waals surface area contributed by atoms with Gasteiger partial charge in [-0.2, -0.15) is 0 Å². The number of imide groups is 1. The average molecular weight is 786 g/mol. The van der Waals surface area contributed by atoms with Crippen molar-refractivity contribution < 1.29 is 38.5 Å². The number of anilines is 1. The van der Waals surface area contributed by atoms with Gasteiger partial charge >= 0.3 is 6.09 Å². The minimum atomic E-state index is -1.00. The quantitative estimate of drug-likeness (QED) is 0.0809. The predicted octanol–water partition coefficient (Wildman–Crippen LogP) is 7.70. The molecular weight excluding hydrogens is 743 g/mol. The molecule has 4 amide bonds. The number of likely N-dealkylation sites (tertiary alicyclic amines) is 1. The first-order valence-electron chi connectivity index (χ1n) is 18.7. The number of hydrogen-bond acceptors (Lipinski definition) is 9. The number of rotatable bonds is 13. The largest absolute Gasteiger partial charge is 0.445 e. The van der Waals surface area contributed by atoms with Gasteiger partial charge in [-0.15, -0.1) is 11.8 Å². The average Bonchev–Trinajstić information content (AvgIpc) is 3.50. The third-order valence-electron chi connectivity index (χ3n) is 9.81. The summed E-state index contributed by atoms with van der Waals surface area (Å²) in [6.45, 7) is 1.54. The molecule has 5 aromatic rings. The first kappa shape index (κ1) is 39.4. The van der Waals surface area contributed by atoms with Crippen molar-refractivity contribution in [1.82, 2.24) is 10.2 Å². The van der Waals surface area contributed by atoms with Crippen LogP contribution in [0.25, 0.3) is 11.1 Å². The number of nitrogens with one attached hydrogen (secondary N) is 2. The number of alkyl carbamates (subject to hydrolysis) is 1. The second kappa shape index (κ2) is 18.4. The van der Waals surface area contributed by atoms with Crippen LogP contribution >= 0.6 is 11.8 Å². The highest BCUT2D eigenvalue weighted by Gasteiger charge is 2.40. The van der Waals surface area contributed by atoms with E-state index in [0.29, 0.717) is 12.2 Å². The zero-order valence-electron chi connectivity index (χ0n) is 31.3. The molecule has 5 aromatic carbocycles. The maximum Gasteiger partial charge on any atom is 0.408 e. The third-order valence-corrected chi connectivity index (χ3v) is 11.0. The summed E-state index contributed by atoms with van der Waals surface area (Å²) < 4.78 is 18.4. The number of carbonyl (C=O) groups is 4. The lowest BCUT2D eigenvalue weighted by atomic mass is 9.97. The first-order chi connectivity index (χ1) is 27.7. The summed E-state index contributed by atoms with van der Waals surface area (Å²) in [5.41, 5.74) is 6.71. The number of aliphatic hydroxyl groups is 1. The van der Waals surface area contributed by atoms with E-state index in [0.717, 1.165) is 49.5 Å². The molecule has 292 valence electrons. The van der Waals surface area contributed by atoms with E-state index in [-0.39, 0.29) is 50.2 Å². The van der Waals surface area contributed by atoms with Gasteiger partial charge in [-0.05, 0) is 57.6 Å². The van der Waals surface area contributed by atoms with Crippen LogP contribution in [0.2, 0.25) is 0 Å². The van der Waals surface area contributed by atoms with E-state index in [1.54, 1.807) is 11.8 Å². The number of hydrogen-bond donors (Lipinski definition) is 3. The highest BCUT2D eigenvalue weighted by Crippen LogP contribution is 2.40. The lowest BCUT2D eigenvalue weighted by molar-refractivity contribution is -0.245. The molecule has 3 N–H and O–H groups in total. The number of benzene rings is 5. The molecule has 2 aliphatic rings. The molecule has 0 radical (unpaired) electrons. The topological polar surface area (TPSA) is 144 Å². The fourth-order valence-corrected chi connectivity index (χ4v) is 7.77. The van der Waals surface area contributed by atoms with E-state index in [4.69, 9.17) is 14.2 Å². The Morgan fingerprint density at radius 2 is 1.53 bits per heavy atom. The minimum Gasteiger partial charge on any atom is -0.445 e. The van der Waals surface area contributed by atoms with Crippen molar-refractivity contribution in [3.05, 3.63) is 155 Å². The minimum absolute atomic E-state index is 0.0403. The number of ether oxygens (including phenoxy) is 3. The van der Waals surface area contributed by atoms with Gasteiger partial charge in [0, 0.05) is 35.2 Å². The highest BCUT2D eigenvalue weighted by atomic mass is 32.2. The molecule has 12 heteroatoms. The Bertz CT molecular complexity index is 2180. The van der Waals surface area contributed by atoms with Gasteiger partial charge < -0.3 is 30.0 Å². The summed E-state index contributed by atoms with van der Waals surface area (Å²) in [7, 11) is 0. The fourth-order valence-electron chi connectivity index (χ4n) is 6.85. The normalized spacial score (nSPS) is 19.3. The number of aliphatic hydroxyl groups excluding tert-OH is 1. The highest BCUT2D eigenvalue weighted by molar-refractivity contribution is 7.99. The maximum absolute atomic E-state index is 13.3. The molecule has 0 aromatic heterocycles. The molecule has 2 fully saturated rings. The molecule has 0 aliphatic carbocycles. The standard InChI is InChI=1S/C45H43N3O8S/c1-29(50)46-36-19-21-38(22-20-36)57-28-37-23-41(33-13-11-30(26-49)12-14-33)56-44(55-37)34-17-15-32(16-18-34)39-10-6-5-9-35(39)25-48-42(51)24-40(43(48)52)47-45(53)54-27-31-7-3-2-4-8-31/h2-22,37,40-41,44,49H,23-28H2,1H3,(H,46,50)(H,47,53)/t37-,40?,41+,44+/m0/s1. The van der Waals surface area contributed by atoms with Gasteiger partial charge in [-0.3, -0.25) is 19.3 Å². The van der Waals surface area contributed by atoms with Crippen LogP contribution in [-0.2, 0) is 48.4 Å². The van der Waals surface area contributed by atoms with Crippen LogP contribution < -0.4 is 10.6 Å². The Kier molecular flexibility index (Phi) is 12.8. The van der Waals surface area contributed by atoms with E-state index in [1.165, 1.54) is 11.8 Å². The Labute approximate surface area is 335 Å². The molecule has 57 heavy (non-hydrogen) atoms. The zero-order valence-corrected chi connectivity index (χ0v) is 32.2. The third kappa shape index (κ3) is 10.2. The van der Waals surface area contributed by atoms with Crippen LogP contribution in [0, 0.1) is 0 Å². The smallest absolute Gasteiger partial charge is 0.408 e. The molecular formula is C45H43N3O8S. The van der Waals surface area contributed by atoms with Crippen molar-refractivity contribution in [2.24, 2.45) is 0 Å². The van der Waals surface area contributed by atoms with Crippen molar-refractivity contribution in [2.45, 2.75) is 69.0 Å². The molecule has 7 rings (SSSR count). The second-order valence-corrected chi connectivity index (χ2v) is 15.0. The van der Waals surface area contributed by atoms with Crippen molar-refractivity contribution in [1.29, 1.82) is 0 Å². The van der Waals surface area contributed by atoms with Crippen molar-refractivity contribution >= 4 is 41.3 Å². The van der Waals surface area contributed by atoms with Gasteiger partial charge in [0.25, 0.3) is 5.91 Å². The van der Waals surface area contributed by atoms with Gasteiger partial charge in [0.1, 0.15) is 12.6 Å². The van der Waals surface area contributed by atoms with Gasteiger partial charge in [-0.1, -0.05) is 103 Å². The van der Waals surface area contributed by atoms with E-state index in [9.17, 15) is 24.3 Å². The first-order valence-corrected chi connectivity index (χ1v) is 19.7. The number of nitrogens with zero attached hydrogens (tertiary/aromatic N) is 1. The summed E-state index contributed by atoms with van der Waals surface area (Å²) in [5, 5.41) is 14.9. The van der Waals surface area contributed by atoms with E-state index < -0.39 is 24.3 Å². The Morgan fingerprint density at radius 3 is 2.25 bits per heavy atom. The van der Waals surface area contributed by atoms with Gasteiger partial charge in [0.2, 0.25) is 11.8 Å². The molecule has 0 spiro atoms. The molecule has 0 bridgehead atoms. The van der Waals surface area contributed by atoms with Crippen LogP contribution in [0.15, 0.2) is 132 Å². The summed E-state index contributed by atoms with van der Waals surface area (Å²) in [5.74, 6) is -0.301. The van der Waals surface area contributed by atoms with Crippen LogP contribution in [0.1, 0.15) is 60.0 Å². The monoisotopic (exact) mass is 785 g/mol. The van der Waals surface area contributed by atoms with Gasteiger partial charge in [-0.25, -0.2) is 4.79 Å². The zero-order chi connectivity index (χ0) is 39.7. The summed E-state index contributed by atoms with van der Waals surface area (Å²) >= 11 is 1.67. The SMILES string of the molecule is CC(=O)Nc1ccc(SC[C@@H]2C[C@H](c3ccc(CO)cc3)O[C@H](c3ccc(-c4ccccc4CN4C(=O)CC(NC(=O)OCc5ccccc5)C4=O)cc3)O2)cc1. The van der Waals surface area contributed by atoms with E-state index in [1.807, 2.05) is 127 Å². The lowest BCUT2D eigenvalue weighted by Crippen LogP contribution is -2.41. The van der Waals surface area contributed by atoms with Gasteiger partial charge in [0.05, 0.1) is 31.8 Å².